The Labute approximate surface area is 131 Å². The van der Waals surface area contributed by atoms with Gasteiger partial charge in [0.25, 0.3) is 5.72 Å². The van der Waals surface area contributed by atoms with E-state index >= 15 is 0 Å². The summed E-state index contributed by atoms with van der Waals surface area (Å²) in [4.78, 5) is 13.1. The van der Waals surface area contributed by atoms with Crippen LogP contribution in [0.15, 0.2) is 54.6 Å². The summed E-state index contributed by atoms with van der Waals surface area (Å²) in [6.45, 7) is 0. The standard InChI is InChI=1S/C17H14F3NO2/c1-21-14-10-6-5-9-13(14)15(22)23-16(21,17(18,19)20)11-12-7-3-2-4-8-12/h2-10H,11H2,1H3/t16-/m0/s1. The Morgan fingerprint density at radius 3 is 2.30 bits per heavy atom. The van der Waals surface area contributed by atoms with E-state index in [-0.39, 0.29) is 11.3 Å². The number of anilines is 1. The van der Waals surface area contributed by atoms with Crippen LogP contribution in [0.2, 0.25) is 0 Å². The molecule has 3 nitrogen and oxygen atoms in total. The van der Waals surface area contributed by atoms with E-state index < -0.39 is 24.3 Å². The molecule has 1 aliphatic heterocycles. The van der Waals surface area contributed by atoms with Crippen LogP contribution in [-0.2, 0) is 11.2 Å². The van der Waals surface area contributed by atoms with Crippen LogP contribution < -0.4 is 4.90 Å². The average Bonchev–Trinajstić information content (AvgIpc) is 2.52. The number of halogens is 3. The van der Waals surface area contributed by atoms with Crippen molar-refractivity contribution in [2.75, 3.05) is 11.9 Å². The van der Waals surface area contributed by atoms with Gasteiger partial charge in [0.05, 0.1) is 11.3 Å². The van der Waals surface area contributed by atoms with Gasteiger partial charge in [-0.25, -0.2) is 4.79 Å². The van der Waals surface area contributed by atoms with E-state index in [4.69, 9.17) is 4.74 Å². The molecule has 1 aliphatic rings. The number of ether oxygens (including phenoxy) is 1. The summed E-state index contributed by atoms with van der Waals surface area (Å²) in [6.07, 6.45) is -5.23. The van der Waals surface area contributed by atoms with Gasteiger partial charge in [-0.15, -0.1) is 0 Å². The molecule has 6 heteroatoms. The van der Waals surface area contributed by atoms with Crippen LogP contribution in [0.4, 0.5) is 18.9 Å². The SMILES string of the molecule is CN1c2ccccc2C(=O)O[C@@]1(Cc1ccccc1)C(F)(F)F. The van der Waals surface area contributed by atoms with Gasteiger partial charge in [0.1, 0.15) is 0 Å². The number of esters is 1. The third-order valence-electron chi connectivity index (χ3n) is 4.02. The Morgan fingerprint density at radius 1 is 1.04 bits per heavy atom. The Kier molecular flexibility index (Phi) is 3.55. The quantitative estimate of drug-likeness (QED) is 0.788. The zero-order chi connectivity index (χ0) is 16.7. The maximum Gasteiger partial charge on any atom is 0.449 e. The fourth-order valence-electron chi connectivity index (χ4n) is 2.79. The number of hydrogen-bond acceptors (Lipinski definition) is 3. The first-order chi connectivity index (χ1) is 10.8. The van der Waals surface area contributed by atoms with Crippen LogP contribution in [0.5, 0.6) is 0 Å². The summed E-state index contributed by atoms with van der Waals surface area (Å²) in [5.41, 5.74) is -1.96. The van der Waals surface area contributed by atoms with Crippen molar-refractivity contribution < 1.29 is 22.7 Å². The molecule has 1 heterocycles. The van der Waals surface area contributed by atoms with Gasteiger partial charge in [0.2, 0.25) is 0 Å². The molecule has 0 fully saturated rings. The molecule has 0 amide bonds. The molecule has 1 atom stereocenters. The highest BCUT2D eigenvalue weighted by atomic mass is 19.4. The number of rotatable bonds is 2. The molecule has 0 saturated heterocycles. The maximum absolute atomic E-state index is 13.9. The molecular formula is C17H14F3NO2. The molecule has 0 bridgehead atoms. The summed E-state index contributed by atoms with van der Waals surface area (Å²) in [5.74, 6) is -0.966. The summed E-state index contributed by atoms with van der Waals surface area (Å²) in [7, 11) is 1.29. The van der Waals surface area contributed by atoms with E-state index in [9.17, 15) is 18.0 Å². The smallest absolute Gasteiger partial charge is 0.425 e. The van der Waals surface area contributed by atoms with E-state index in [0.717, 1.165) is 4.90 Å². The number of cyclic esters (lactones) is 1. The summed E-state index contributed by atoms with van der Waals surface area (Å²) < 4.78 is 46.6. The molecule has 0 saturated carbocycles. The Balaban J connectivity index is 2.13. The van der Waals surface area contributed by atoms with Gasteiger partial charge in [-0.1, -0.05) is 42.5 Å². The first kappa shape index (κ1) is 15.4. The normalized spacial score (nSPS) is 20.9. The molecule has 2 aromatic rings. The second kappa shape index (κ2) is 5.30. The summed E-state index contributed by atoms with van der Waals surface area (Å²) in [6, 6.07) is 14.3. The molecule has 0 unspecified atom stereocenters. The largest absolute Gasteiger partial charge is 0.449 e. The minimum Gasteiger partial charge on any atom is -0.425 e. The number of benzene rings is 2. The second-order valence-corrected chi connectivity index (χ2v) is 5.41. The Bertz CT molecular complexity index is 730. The third-order valence-corrected chi connectivity index (χ3v) is 4.02. The lowest BCUT2D eigenvalue weighted by Gasteiger charge is -2.46. The van der Waals surface area contributed by atoms with Crippen LogP contribution in [0.1, 0.15) is 15.9 Å². The van der Waals surface area contributed by atoms with Crippen LogP contribution in [0.3, 0.4) is 0 Å². The second-order valence-electron chi connectivity index (χ2n) is 5.41. The van der Waals surface area contributed by atoms with Gasteiger partial charge in [-0.3, -0.25) is 0 Å². The van der Waals surface area contributed by atoms with E-state index in [2.05, 4.69) is 0 Å². The predicted molar refractivity (Wildman–Crippen MR) is 79.2 cm³/mol. The average molecular weight is 321 g/mol. The number of nitrogens with zero attached hydrogens (tertiary/aromatic N) is 1. The lowest BCUT2D eigenvalue weighted by molar-refractivity contribution is -0.259. The highest BCUT2D eigenvalue weighted by Crippen LogP contribution is 2.45. The van der Waals surface area contributed by atoms with Crippen molar-refractivity contribution in [1.82, 2.24) is 0 Å². The molecule has 0 N–H and O–H groups in total. The van der Waals surface area contributed by atoms with Crippen molar-refractivity contribution in [2.45, 2.75) is 18.3 Å². The zero-order valence-electron chi connectivity index (χ0n) is 12.3. The lowest BCUT2D eigenvalue weighted by Crippen LogP contribution is -2.64. The van der Waals surface area contributed by atoms with Gasteiger partial charge in [0, 0.05) is 13.5 Å². The monoisotopic (exact) mass is 321 g/mol. The van der Waals surface area contributed by atoms with Crippen molar-refractivity contribution in [3.05, 3.63) is 65.7 Å². The van der Waals surface area contributed by atoms with Gasteiger partial charge in [-0.2, -0.15) is 13.2 Å². The number of para-hydroxylation sites is 1. The highest BCUT2D eigenvalue weighted by molar-refractivity contribution is 5.98. The van der Waals surface area contributed by atoms with E-state index in [0.29, 0.717) is 5.56 Å². The van der Waals surface area contributed by atoms with E-state index in [1.165, 1.54) is 19.2 Å². The van der Waals surface area contributed by atoms with Crippen molar-refractivity contribution >= 4 is 11.7 Å². The fraction of sp³-hybridized carbons (Fsp3) is 0.235. The summed E-state index contributed by atoms with van der Waals surface area (Å²) >= 11 is 0. The Hall–Kier alpha value is -2.50. The van der Waals surface area contributed by atoms with Gasteiger partial charge in [0.15, 0.2) is 0 Å². The van der Waals surface area contributed by atoms with Crippen molar-refractivity contribution in [1.29, 1.82) is 0 Å². The number of hydrogen-bond donors (Lipinski definition) is 0. The first-order valence-corrected chi connectivity index (χ1v) is 7.02. The molecule has 0 spiro atoms. The molecule has 0 radical (unpaired) electrons. The molecule has 3 rings (SSSR count). The van der Waals surface area contributed by atoms with Crippen LogP contribution in [0, 0.1) is 0 Å². The predicted octanol–water partition coefficient (Wildman–Crippen LogP) is 3.79. The number of carbonyl (C=O) groups is 1. The molecule has 2 aromatic carbocycles. The number of carbonyl (C=O) groups excluding carboxylic acids is 1. The van der Waals surface area contributed by atoms with E-state index in [1.54, 1.807) is 42.5 Å². The minimum atomic E-state index is -4.75. The van der Waals surface area contributed by atoms with Gasteiger partial charge < -0.3 is 9.64 Å². The molecule has 120 valence electrons. The number of alkyl halides is 3. The molecule has 0 aliphatic carbocycles. The topological polar surface area (TPSA) is 29.5 Å². The zero-order valence-corrected chi connectivity index (χ0v) is 12.3. The number of likely N-dealkylation sites (N-methyl/N-ethyl adjacent to an activating group) is 1. The molecule has 0 aromatic heterocycles. The summed E-state index contributed by atoms with van der Waals surface area (Å²) in [5, 5.41) is 0. The van der Waals surface area contributed by atoms with Crippen molar-refractivity contribution in [3.63, 3.8) is 0 Å². The Morgan fingerprint density at radius 2 is 1.65 bits per heavy atom. The maximum atomic E-state index is 13.9. The van der Waals surface area contributed by atoms with Crippen molar-refractivity contribution in [3.8, 4) is 0 Å². The van der Waals surface area contributed by atoms with Gasteiger partial charge >= 0.3 is 12.1 Å². The molecule has 23 heavy (non-hydrogen) atoms. The minimum absolute atomic E-state index is 0.128. The third kappa shape index (κ3) is 2.44. The van der Waals surface area contributed by atoms with Crippen LogP contribution in [-0.4, -0.2) is 24.9 Å². The number of fused-ring (bicyclic) bond motifs is 1. The van der Waals surface area contributed by atoms with Crippen LogP contribution in [0.25, 0.3) is 0 Å². The molecular weight excluding hydrogens is 307 g/mol. The highest BCUT2D eigenvalue weighted by Gasteiger charge is 2.63. The van der Waals surface area contributed by atoms with Gasteiger partial charge in [-0.05, 0) is 17.7 Å². The van der Waals surface area contributed by atoms with E-state index in [1.807, 2.05) is 0 Å². The first-order valence-electron chi connectivity index (χ1n) is 7.02. The lowest BCUT2D eigenvalue weighted by atomic mass is 9.96. The van der Waals surface area contributed by atoms with Crippen molar-refractivity contribution in [2.24, 2.45) is 0 Å². The van der Waals surface area contributed by atoms with Crippen LogP contribution >= 0.6 is 0 Å². The fourth-order valence-corrected chi connectivity index (χ4v) is 2.79.